The lowest BCUT2D eigenvalue weighted by molar-refractivity contribution is -0.294. The summed E-state index contributed by atoms with van der Waals surface area (Å²) in [5.74, 6) is -2.03. The van der Waals surface area contributed by atoms with Crippen LogP contribution < -0.4 is 0 Å². The van der Waals surface area contributed by atoms with Crippen LogP contribution in [0.5, 0.6) is 0 Å². The van der Waals surface area contributed by atoms with Crippen molar-refractivity contribution in [3.63, 3.8) is 0 Å². The van der Waals surface area contributed by atoms with Crippen LogP contribution in [0.1, 0.15) is 41.5 Å². The number of hydrogen-bond acceptors (Lipinski definition) is 9. The molecule has 0 aliphatic carbocycles. The summed E-state index contributed by atoms with van der Waals surface area (Å²) in [5.41, 5.74) is 0. The highest BCUT2D eigenvalue weighted by Gasteiger charge is 2.52. The Kier molecular flexibility index (Phi) is 8.18. The first-order valence-electron chi connectivity index (χ1n) is 9.15. The molecule has 9 nitrogen and oxygen atoms in total. The number of carbonyl (C=O) groups excluding carboxylic acids is 3. The zero-order chi connectivity index (χ0) is 21.9. The van der Waals surface area contributed by atoms with Gasteiger partial charge in [-0.1, -0.05) is 20.8 Å². The molecule has 28 heavy (non-hydrogen) atoms. The Morgan fingerprint density at radius 2 is 1.32 bits per heavy atom. The lowest BCUT2D eigenvalue weighted by Gasteiger charge is -2.44. The van der Waals surface area contributed by atoms with Gasteiger partial charge >= 0.3 is 17.9 Å². The van der Waals surface area contributed by atoms with Gasteiger partial charge in [-0.3, -0.25) is 14.4 Å². The third kappa shape index (κ3) is 6.54. The number of carbonyl (C=O) groups is 3. The van der Waals surface area contributed by atoms with Gasteiger partial charge in [0.2, 0.25) is 0 Å². The van der Waals surface area contributed by atoms with Gasteiger partial charge in [-0.15, -0.1) is 0 Å². The minimum absolute atomic E-state index is 0.00998. The van der Waals surface area contributed by atoms with Gasteiger partial charge < -0.3 is 28.5 Å². The van der Waals surface area contributed by atoms with Gasteiger partial charge in [-0.25, -0.2) is 0 Å². The number of hydrogen-bond donors (Lipinski definition) is 1. The van der Waals surface area contributed by atoms with E-state index in [-0.39, 0.29) is 11.6 Å². The van der Waals surface area contributed by atoms with Crippen molar-refractivity contribution < 1.29 is 42.9 Å². The van der Waals surface area contributed by atoms with E-state index < -0.39 is 56.9 Å². The molecule has 1 heterocycles. The maximum absolute atomic E-state index is 11.6. The lowest BCUT2D eigenvalue weighted by atomic mass is 9.98. The fourth-order valence-corrected chi connectivity index (χ4v) is 3.53. The molecule has 0 amide bonds. The van der Waals surface area contributed by atoms with Gasteiger partial charge in [0, 0.05) is 20.8 Å². The minimum Gasteiger partial charge on any atom is -0.456 e. The molecular weight excluding hydrogens is 388 g/mol. The van der Waals surface area contributed by atoms with E-state index in [1.807, 2.05) is 13.1 Å². The number of aliphatic hydroxyl groups is 1. The van der Waals surface area contributed by atoms with Crippen molar-refractivity contribution in [3.05, 3.63) is 0 Å². The van der Waals surface area contributed by atoms with E-state index >= 15 is 0 Å². The predicted molar refractivity (Wildman–Crippen MR) is 101 cm³/mol. The van der Waals surface area contributed by atoms with Crippen molar-refractivity contribution in [2.45, 2.75) is 90.4 Å². The van der Waals surface area contributed by atoms with Gasteiger partial charge in [0.1, 0.15) is 6.10 Å². The molecule has 10 heteroatoms. The van der Waals surface area contributed by atoms with E-state index in [1.165, 1.54) is 13.8 Å². The molecule has 1 rings (SSSR count). The smallest absolute Gasteiger partial charge is 0.303 e. The third-order valence-electron chi connectivity index (χ3n) is 4.93. The summed E-state index contributed by atoms with van der Waals surface area (Å²) >= 11 is 0. The first-order chi connectivity index (χ1) is 12.7. The van der Waals surface area contributed by atoms with E-state index in [9.17, 15) is 19.5 Å². The molecule has 0 spiro atoms. The highest BCUT2D eigenvalue weighted by molar-refractivity contribution is 6.74. The van der Waals surface area contributed by atoms with Gasteiger partial charge in [0.15, 0.2) is 32.9 Å². The normalized spacial score (nSPS) is 28.4. The van der Waals surface area contributed by atoms with Gasteiger partial charge in [-0.2, -0.15) is 0 Å². The first-order valence-corrected chi connectivity index (χ1v) is 12.1. The van der Waals surface area contributed by atoms with Gasteiger partial charge in [-0.05, 0) is 18.1 Å². The van der Waals surface area contributed by atoms with Crippen LogP contribution in [0.15, 0.2) is 0 Å². The van der Waals surface area contributed by atoms with Crippen LogP contribution in [-0.2, 0) is 37.8 Å². The molecule has 1 fully saturated rings. The quantitative estimate of drug-likeness (QED) is 0.387. The molecule has 0 aromatic heterocycles. The topological polar surface area (TPSA) is 118 Å². The van der Waals surface area contributed by atoms with E-state index in [0.29, 0.717) is 0 Å². The van der Waals surface area contributed by atoms with E-state index in [2.05, 4.69) is 20.8 Å². The largest absolute Gasteiger partial charge is 0.456 e. The summed E-state index contributed by atoms with van der Waals surface area (Å²) in [7, 11) is -2.17. The van der Waals surface area contributed by atoms with Gasteiger partial charge in [0.25, 0.3) is 0 Å². The van der Waals surface area contributed by atoms with Crippen LogP contribution in [-0.4, -0.2) is 68.6 Å². The molecule has 0 bridgehead atoms. The molecule has 0 radical (unpaired) electrons. The fraction of sp³-hybridized carbons (Fsp3) is 0.833. The molecule has 5 atom stereocenters. The summed E-state index contributed by atoms with van der Waals surface area (Å²) in [6.45, 7) is 13.8. The van der Waals surface area contributed by atoms with E-state index in [4.69, 9.17) is 23.4 Å². The Labute approximate surface area is 166 Å². The number of rotatable bonds is 6. The van der Waals surface area contributed by atoms with Crippen molar-refractivity contribution in [2.24, 2.45) is 0 Å². The van der Waals surface area contributed by atoms with Crippen LogP contribution in [0.3, 0.4) is 0 Å². The average molecular weight is 421 g/mol. The van der Waals surface area contributed by atoms with Crippen LogP contribution in [0, 0.1) is 0 Å². The Morgan fingerprint density at radius 3 is 1.75 bits per heavy atom. The molecule has 1 saturated heterocycles. The van der Waals surface area contributed by atoms with Crippen LogP contribution in [0.2, 0.25) is 18.1 Å². The monoisotopic (exact) mass is 420 g/mol. The maximum atomic E-state index is 11.6. The SMILES string of the molecule is CC(=O)OC1C(O)OC(CO[Si](C)(C)C(C)(C)C)C(OC(C)=O)C1OC(C)=O. The Hall–Kier alpha value is -1.49. The van der Waals surface area contributed by atoms with Crippen LogP contribution in [0.4, 0.5) is 0 Å². The molecule has 0 aromatic rings. The number of aliphatic hydroxyl groups excluding tert-OH is 1. The highest BCUT2D eigenvalue weighted by atomic mass is 28.4. The average Bonchev–Trinajstić information content (AvgIpc) is 2.49. The summed E-state index contributed by atoms with van der Waals surface area (Å²) in [6.07, 6.45) is -6.17. The second-order valence-corrected chi connectivity index (χ2v) is 13.2. The van der Waals surface area contributed by atoms with Crippen molar-refractivity contribution in [2.75, 3.05) is 6.61 Å². The summed E-state index contributed by atoms with van der Waals surface area (Å²) in [5, 5.41) is 10.3. The first kappa shape index (κ1) is 24.5. The molecule has 5 unspecified atom stereocenters. The molecule has 1 aliphatic rings. The van der Waals surface area contributed by atoms with Crippen LogP contribution in [0.25, 0.3) is 0 Å². The summed E-state index contributed by atoms with van der Waals surface area (Å²) < 4.78 is 27.3. The summed E-state index contributed by atoms with van der Waals surface area (Å²) in [4.78, 5) is 34.6. The zero-order valence-corrected chi connectivity index (χ0v) is 18.8. The van der Waals surface area contributed by atoms with E-state index in [0.717, 1.165) is 6.92 Å². The highest BCUT2D eigenvalue weighted by Crippen LogP contribution is 2.37. The third-order valence-corrected chi connectivity index (χ3v) is 9.43. The zero-order valence-electron chi connectivity index (χ0n) is 17.8. The molecular formula is C18H32O9Si. The van der Waals surface area contributed by atoms with Crippen molar-refractivity contribution in [1.82, 2.24) is 0 Å². The van der Waals surface area contributed by atoms with Crippen molar-refractivity contribution in [3.8, 4) is 0 Å². The molecule has 1 N–H and O–H groups in total. The second kappa shape index (κ2) is 9.34. The lowest BCUT2D eigenvalue weighted by Crippen LogP contribution is -2.62. The molecule has 162 valence electrons. The molecule has 1 aliphatic heterocycles. The van der Waals surface area contributed by atoms with Crippen molar-refractivity contribution >= 4 is 26.2 Å². The number of ether oxygens (including phenoxy) is 4. The fourth-order valence-electron chi connectivity index (χ4n) is 2.51. The number of esters is 3. The summed E-state index contributed by atoms with van der Waals surface area (Å²) in [6, 6.07) is 0. The molecule has 0 aromatic carbocycles. The molecule has 0 saturated carbocycles. The second-order valence-electron chi connectivity index (χ2n) is 8.36. The van der Waals surface area contributed by atoms with Crippen LogP contribution >= 0.6 is 0 Å². The van der Waals surface area contributed by atoms with E-state index in [1.54, 1.807) is 0 Å². The predicted octanol–water partition coefficient (Wildman–Crippen LogP) is 1.52. The Balaban J connectivity index is 3.15. The standard InChI is InChI=1S/C18H32O9Si/c1-10(19)24-14-13(9-23-28(7,8)18(4,5)6)27-17(22)16(26-12(3)21)15(14)25-11(2)20/h13-17,22H,9H2,1-8H3. The maximum Gasteiger partial charge on any atom is 0.303 e. The van der Waals surface area contributed by atoms with Gasteiger partial charge in [0.05, 0.1) is 6.61 Å². The minimum atomic E-state index is -2.17. The van der Waals surface area contributed by atoms with Crippen molar-refractivity contribution in [1.29, 1.82) is 0 Å². The Bertz CT molecular complexity index is 584. The Morgan fingerprint density at radius 1 is 0.893 bits per heavy atom.